The van der Waals surface area contributed by atoms with Crippen molar-refractivity contribution in [3.63, 3.8) is 0 Å². The number of nitrogens with zero attached hydrogens (tertiary/aromatic N) is 1. The number of pyridine rings is 1. The van der Waals surface area contributed by atoms with E-state index in [1.54, 1.807) is 0 Å². The van der Waals surface area contributed by atoms with Gasteiger partial charge in [0.05, 0.1) is 0 Å². The maximum atomic E-state index is 12.2. The highest BCUT2D eigenvalue weighted by atomic mass is 35.5. The molecule has 22 heavy (non-hydrogen) atoms. The van der Waals surface area contributed by atoms with E-state index in [2.05, 4.69) is 9.88 Å². The molecular weight excluding hydrogens is 296 g/mol. The van der Waals surface area contributed by atoms with Gasteiger partial charge >= 0.3 is 0 Å². The van der Waals surface area contributed by atoms with E-state index in [0.717, 1.165) is 33.6 Å². The molecule has 3 aromatic rings. The molecule has 0 amide bonds. The summed E-state index contributed by atoms with van der Waals surface area (Å²) < 4.78 is 0. The smallest absolute Gasteiger partial charge is 0.252 e. The molecule has 0 unspecified atom stereocenters. The molecule has 3 nitrogen and oxygen atoms in total. The van der Waals surface area contributed by atoms with Crippen LogP contribution in [0.3, 0.4) is 0 Å². The largest absolute Gasteiger partial charge is 0.322 e. The van der Waals surface area contributed by atoms with Crippen molar-refractivity contribution in [1.82, 2.24) is 9.88 Å². The number of aromatic nitrogens is 1. The van der Waals surface area contributed by atoms with E-state index >= 15 is 0 Å². The normalized spacial score (nSPS) is 11.2. The second-order valence-electron chi connectivity index (χ2n) is 5.51. The lowest BCUT2D eigenvalue weighted by Crippen LogP contribution is -2.23. The van der Waals surface area contributed by atoms with E-state index in [1.165, 1.54) is 0 Å². The Morgan fingerprint density at radius 1 is 1.05 bits per heavy atom. The van der Waals surface area contributed by atoms with Crippen LogP contribution in [-0.4, -0.2) is 16.9 Å². The van der Waals surface area contributed by atoms with Gasteiger partial charge in [-0.1, -0.05) is 41.9 Å². The Hall–Kier alpha value is -2.10. The zero-order chi connectivity index (χ0) is 15.5. The summed E-state index contributed by atoms with van der Waals surface area (Å²) in [6.07, 6.45) is 0. The van der Waals surface area contributed by atoms with Gasteiger partial charge in [0.25, 0.3) is 5.56 Å². The molecule has 0 radical (unpaired) electrons. The lowest BCUT2D eigenvalue weighted by molar-refractivity contribution is 0.318. The second kappa shape index (κ2) is 6.34. The van der Waals surface area contributed by atoms with Gasteiger partial charge in [0.1, 0.15) is 0 Å². The van der Waals surface area contributed by atoms with E-state index in [1.807, 2.05) is 61.6 Å². The third kappa shape index (κ3) is 3.38. The van der Waals surface area contributed by atoms with Gasteiger partial charge in [-0.3, -0.25) is 9.69 Å². The first-order valence-electron chi connectivity index (χ1n) is 7.16. The van der Waals surface area contributed by atoms with Crippen molar-refractivity contribution in [3.8, 4) is 0 Å². The van der Waals surface area contributed by atoms with Crippen molar-refractivity contribution in [2.45, 2.75) is 13.1 Å². The molecule has 0 atom stereocenters. The van der Waals surface area contributed by atoms with Crippen LogP contribution in [0.25, 0.3) is 10.9 Å². The summed E-state index contributed by atoms with van der Waals surface area (Å²) >= 11 is 6.01. The van der Waals surface area contributed by atoms with Crippen LogP contribution in [-0.2, 0) is 13.1 Å². The molecule has 1 N–H and O–H groups in total. The minimum absolute atomic E-state index is 0.0309. The summed E-state index contributed by atoms with van der Waals surface area (Å²) in [6.45, 7) is 1.33. The molecule has 0 aliphatic carbocycles. The molecule has 3 rings (SSSR count). The van der Waals surface area contributed by atoms with Crippen LogP contribution in [0.1, 0.15) is 11.1 Å². The molecule has 0 fully saturated rings. The van der Waals surface area contributed by atoms with Gasteiger partial charge < -0.3 is 4.98 Å². The van der Waals surface area contributed by atoms with Crippen LogP contribution in [0, 0.1) is 0 Å². The van der Waals surface area contributed by atoms with Gasteiger partial charge in [-0.2, -0.15) is 0 Å². The Kier molecular flexibility index (Phi) is 4.27. The van der Waals surface area contributed by atoms with Crippen molar-refractivity contribution in [2.75, 3.05) is 7.05 Å². The molecule has 0 aliphatic rings. The third-order valence-corrected chi connectivity index (χ3v) is 3.85. The second-order valence-corrected chi connectivity index (χ2v) is 5.95. The van der Waals surface area contributed by atoms with Gasteiger partial charge in [-0.05, 0) is 42.3 Å². The molecule has 112 valence electrons. The first-order valence-corrected chi connectivity index (χ1v) is 7.53. The summed E-state index contributed by atoms with van der Waals surface area (Å²) in [5.74, 6) is 0. The molecule has 1 heterocycles. The maximum Gasteiger partial charge on any atom is 0.252 e. The molecule has 0 saturated carbocycles. The highest BCUT2D eigenvalue weighted by Gasteiger charge is 2.07. The van der Waals surface area contributed by atoms with Gasteiger partial charge in [-0.15, -0.1) is 0 Å². The van der Waals surface area contributed by atoms with Crippen LogP contribution >= 0.6 is 11.6 Å². The maximum absolute atomic E-state index is 12.2. The van der Waals surface area contributed by atoms with Crippen molar-refractivity contribution >= 4 is 22.5 Å². The van der Waals surface area contributed by atoms with Crippen molar-refractivity contribution in [3.05, 3.63) is 81.1 Å². The van der Waals surface area contributed by atoms with Crippen molar-refractivity contribution < 1.29 is 0 Å². The standard InChI is InChI=1S/C18H17ClN2O/c1-21(11-13-5-4-7-16(19)9-13)12-15-10-14-6-2-3-8-17(14)20-18(15)22/h2-10H,11-12H2,1H3,(H,20,22). The number of halogens is 1. The van der Waals surface area contributed by atoms with E-state index < -0.39 is 0 Å². The highest BCUT2D eigenvalue weighted by Crippen LogP contribution is 2.14. The van der Waals surface area contributed by atoms with Crippen LogP contribution in [0.2, 0.25) is 5.02 Å². The Morgan fingerprint density at radius 3 is 2.68 bits per heavy atom. The number of benzene rings is 2. The number of aromatic amines is 1. The number of rotatable bonds is 4. The van der Waals surface area contributed by atoms with Crippen LogP contribution in [0.5, 0.6) is 0 Å². The van der Waals surface area contributed by atoms with Gasteiger partial charge in [0.2, 0.25) is 0 Å². The fourth-order valence-corrected chi connectivity index (χ4v) is 2.82. The Balaban J connectivity index is 1.80. The fraction of sp³-hybridized carbons (Fsp3) is 0.167. The number of hydrogen-bond acceptors (Lipinski definition) is 2. The summed E-state index contributed by atoms with van der Waals surface area (Å²) in [5, 5.41) is 1.78. The zero-order valence-corrected chi connectivity index (χ0v) is 13.1. The number of hydrogen-bond donors (Lipinski definition) is 1. The SMILES string of the molecule is CN(Cc1cccc(Cl)c1)Cc1cc2ccccc2[nH]c1=O. The van der Waals surface area contributed by atoms with Crippen LogP contribution < -0.4 is 5.56 Å². The predicted molar refractivity (Wildman–Crippen MR) is 91.2 cm³/mol. The number of nitrogens with one attached hydrogen (secondary N) is 1. The minimum Gasteiger partial charge on any atom is -0.322 e. The Bertz CT molecular complexity index is 857. The number of H-pyrrole nitrogens is 1. The van der Waals surface area contributed by atoms with Crippen LogP contribution in [0.15, 0.2) is 59.4 Å². The number of fused-ring (bicyclic) bond motifs is 1. The van der Waals surface area contributed by atoms with Gasteiger partial charge in [0.15, 0.2) is 0 Å². The molecule has 2 aromatic carbocycles. The molecule has 0 aliphatic heterocycles. The van der Waals surface area contributed by atoms with E-state index in [4.69, 9.17) is 11.6 Å². The monoisotopic (exact) mass is 312 g/mol. The van der Waals surface area contributed by atoms with Crippen molar-refractivity contribution in [2.24, 2.45) is 0 Å². The Labute approximate surface area is 134 Å². The average molecular weight is 313 g/mol. The summed E-state index contributed by atoms with van der Waals surface area (Å²) in [6, 6.07) is 17.6. The molecule has 0 saturated heterocycles. The summed E-state index contributed by atoms with van der Waals surface area (Å²) in [4.78, 5) is 17.2. The predicted octanol–water partition coefficient (Wildman–Crippen LogP) is 3.81. The minimum atomic E-state index is -0.0309. The number of para-hydroxylation sites is 1. The van der Waals surface area contributed by atoms with Gasteiger partial charge in [0, 0.05) is 29.2 Å². The molecule has 0 spiro atoms. The lowest BCUT2D eigenvalue weighted by atomic mass is 10.1. The fourth-order valence-electron chi connectivity index (χ4n) is 2.60. The lowest BCUT2D eigenvalue weighted by Gasteiger charge is -2.16. The molecule has 4 heteroatoms. The summed E-state index contributed by atoms with van der Waals surface area (Å²) in [5.41, 5.74) is 2.74. The van der Waals surface area contributed by atoms with Gasteiger partial charge in [-0.25, -0.2) is 0 Å². The average Bonchev–Trinajstić information content (AvgIpc) is 2.48. The topological polar surface area (TPSA) is 36.1 Å². The van der Waals surface area contributed by atoms with E-state index in [-0.39, 0.29) is 5.56 Å². The van der Waals surface area contributed by atoms with Crippen LogP contribution in [0.4, 0.5) is 0 Å². The first-order chi connectivity index (χ1) is 10.6. The zero-order valence-electron chi connectivity index (χ0n) is 12.3. The molecule has 0 bridgehead atoms. The first kappa shape index (κ1) is 14.8. The quantitative estimate of drug-likeness (QED) is 0.795. The molecule has 1 aromatic heterocycles. The van der Waals surface area contributed by atoms with Crippen molar-refractivity contribution in [1.29, 1.82) is 0 Å². The third-order valence-electron chi connectivity index (χ3n) is 3.61. The Morgan fingerprint density at radius 2 is 1.86 bits per heavy atom. The molecular formula is C18H17ClN2O. The van der Waals surface area contributed by atoms with E-state index in [9.17, 15) is 4.79 Å². The highest BCUT2D eigenvalue weighted by molar-refractivity contribution is 6.30. The van der Waals surface area contributed by atoms with E-state index in [0.29, 0.717) is 6.54 Å². The summed E-state index contributed by atoms with van der Waals surface area (Å²) in [7, 11) is 2.00.